The van der Waals surface area contributed by atoms with E-state index < -0.39 is 24.0 Å². The van der Waals surface area contributed by atoms with Crippen LogP contribution >= 0.6 is 11.3 Å². The van der Waals surface area contributed by atoms with Gasteiger partial charge in [0.15, 0.2) is 0 Å². The normalized spacial score (nSPS) is 11.8. The largest absolute Gasteiger partial charge is 0.391 e. The monoisotopic (exact) mass is 572 g/mol. The number of rotatable bonds is 9. The highest BCUT2D eigenvalue weighted by atomic mass is 32.1. The first-order valence-electron chi connectivity index (χ1n) is 12.4. The van der Waals surface area contributed by atoms with E-state index in [2.05, 4.69) is 45.3 Å². The third kappa shape index (κ3) is 8.48. The second-order valence-electron chi connectivity index (χ2n) is 8.98. The van der Waals surface area contributed by atoms with Crippen molar-refractivity contribution in [3.8, 4) is 11.8 Å². The zero-order chi connectivity index (χ0) is 28.5. The van der Waals surface area contributed by atoms with Gasteiger partial charge in [0.05, 0.1) is 12.6 Å². The third-order valence-electron chi connectivity index (χ3n) is 5.99. The number of thiophene rings is 1. The van der Waals surface area contributed by atoms with E-state index >= 15 is 0 Å². The molecule has 0 spiro atoms. The summed E-state index contributed by atoms with van der Waals surface area (Å²) in [4.78, 5) is 36.3. The fourth-order valence-electron chi connectivity index (χ4n) is 3.87. The topological polar surface area (TPSA) is 140 Å². The van der Waals surface area contributed by atoms with Gasteiger partial charge in [-0.3, -0.25) is 19.6 Å². The van der Waals surface area contributed by atoms with E-state index in [1.807, 2.05) is 12.1 Å². The molecule has 0 unspecified atom stereocenters. The minimum absolute atomic E-state index is 0. The fourth-order valence-corrected chi connectivity index (χ4v) is 4.83. The van der Waals surface area contributed by atoms with Crippen LogP contribution in [-0.4, -0.2) is 46.7 Å². The highest BCUT2D eigenvalue weighted by molar-refractivity contribution is 7.17. The van der Waals surface area contributed by atoms with Crippen LogP contribution in [0.4, 0.5) is 5.69 Å². The predicted octanol–water partition coefficient (Wildman–Crippen LogP) is 3.65. The molecule has 4 aromatic rings. The summed E-state index contributed by atoms with van der Waals surface area (Å²) in [7, 11) is 0. The molecule has 4 rings (SSSR count). The lowest BCUT2D eigenvalue weighted by Gasteiger charge is -2.19. The molecule has 2 atom stereocenters. The van der Waals surface area contributed by atoms with Crippen molar-refractivity contribution < 1.29 is 24.7 Å². The van der Waals surface area contributed by atoms with E-state index in [0.717, 1.165) is 5.56 Å². The molecule has 0 aliphatic carbocycles. The van der Waals surface area contributed by atoms with Crippen LogP contribution in [0.1, 0.15) is 41.4 Å². The first kappa shape index (κ1) is 31.0. The van der Waals surface area contributed by atoms with Gasteiger partial charge in [-0.05, 0) is 77.9 Å². The Morgan fingerprint density at radius 1 is 0.927 bits per heavy atom. The standard InChI is InChI=1S/C30H28N4O5S.CH4/c1-19(35)28(30(38)34-39)33-29(37)22-12-8-20(9-13-22)6-7-21-10-14-24(15-11-21)32-27(36)17-31-16-23-18-40-26-5-3-2-4-25(23)26;/h2-5,8-15,18-19,28,31,35,39H,16-17H2,1H3,(H,32,36)(H,33,37)(H,34,38);1H4/t19-,28+;/m1./s1. The quantitative estimate of drug-likeness (QED) is 0.103. The molecule has 0 bridgehead atoms. The Balaban J connectivity index is 0.00000462. The van der Waals surface area contributed by atoms with E-state index in [0.29, 0.717) is 17.8 Å². The van der Waals surface area contributed by atoms with Crippen LogP contribution < -0.4 is 21.4 Å². The average Bonchev–Trinajstić information content (AvgIpc) is 3.38. The number of aliphatic hydroxyl groups excluding tert-OH is 1. The summed E-state index contributed by atoms with van der Waals surface area (Å²) in [6, 6.07) is 20.5. The lowest BCUT2D eigenvalue weighted by molar-refractivity contribution is -0.133. The number of hydrogen-bond acceptors (Lipinski definition) is 7. The maximum absolute atomic E-state index is 12.4. The molecule has 0 radical (unpaired) electrons. The third-order valence-corrected chi connectivity index (χ3v) is 7.00. The molecule has 10 heteroatoms. The van der Waals surface area contributed by atoms with Gasteiger partial charge in [-0.1, -0.05) is 37.5 Å². The van der Waals surface area contributed by atoms with Crippen molar-refractivity contribution in [1.29, 1.82) is 0 Å². The summed E-state index contributed by atoms with van der Waals surface area (Å²) in [6.07, 6.45) is -1.20. The van der Waals surface area contributed by atoms with Crippen molar-refractivity contribution in [1.82, 2.24) is 16.1 Å². The van der Waals surface area contributed by atoms with E-state index in [9.17, 15) is 19.5 Å². The number of carbonyl (C=O) groups is 3. The van der Waals surface area contributed by atoms with Crippen LogP contribution in [0.25, 0.3) is 10.1 Å². The summed E-state index contributed by atoms with van der Waals surface area (Å²) in [6.45, 7) is 2.13. The summed E-state index contributed by atoms with van der Waals surface area (Å²) in [5.41, 5.74) is 4.93. The van der Waals surface area contributed by atoms with Crippen molar-refractivity contribution in [2.75, 3.05) is 11.9 Å². The smallest absolute Gasteiger partial charge is 0.268 e. The van der Waals surface area contributed by atoms with Gasteiger partial charge in [-0.15, -0.1) is 11.3 Å². The minimum Gasteiger partial charge on any atom is -0.391 e. The molecule has 212 valence electrons. The van der Waals surface area contributed by atoms with E-state index in [1.165, 1.54) is 28.1 Å². The van der Waals surface area contributed by atoms with E-state index in [4.69, 9.17) is 5.21 Å². The fraction of sp³-hybridized carbons (Fsp3) is 0.194. The Hall–Kier alpha value is -4.53. The molecule has 3 aromatic carbocycles. The van der Waals surface area contributed by atoms with Gasteiger partial charge in [0.25, 0.3) is 11.8 Å². The summed E-state index contributed by atoms with van der Waals surface area (Å²) < 4.78 is 1.23. The molecule has 6 N–H and O–H groups in total. The van der Waals surface area contributed by atoms with E-state index in [1.54, 1.807) is 59.9 Å². The summed E-state index contributed by atoms with van der Waals surface area (Å²) in [5.74, 6) is 4.41. The molecule has 0 aliphatic rings. The number of aliphatic hydroxyl groups is 1. The van der Waals surface area contributed by atoms with Gasteiger partial charge < -0.3 is 21.1 Å². The van der Waals surface area contributed by atoms with Gasteiger partial charge in [0.2, 0.25) is 5.91 Å². The van der Waals surface area contributed by atoms with Crippen molar-refractivity contribution in [2.24, 2.45) is 0 Å². The first-order valence-corrected chi connectivity index (χ1v) is 13.3. The number of carbonyl (C=O) groups excluding carboxylic acids is 3. The second kappa shape index (κ2) is 14.7. The van der Waals surface area contributed by atoms with Crippen LogP contribution in [0.2, 0.25) is 0 Å². The van der Waals surface area contributed by atoms with Gasteiger partial charge in [0, 0.05) is 33.6 Å². The van der Waals surface area contributed by atoms with Crippen molar-refractivity contribution in [3.63, 3.8) is 0 Å². The number of benzene rings is 3. The maximum Gasteiger partial charge on any atom is 0.268 e. The maximum atomic E-state index is 12.4. The molecule has 0 saturated carbocycles. The molecule has 0 aliphatic heterocycles. The molecule has 9 nitrogen and oxygen atoms in total. The van der Waals surface area contributed by atoms with Gasteiger partial charge >= 0.3 is 0 Å². The lowest BCUT2D eigenvalue weighted by Crippen LogP contribution is -2.51. The van der Waals surface area contributed by atoms with Gasteiger partial charge in [-0.2, -0.15) is 0 Å². The molecule has 41 heavy (non-hydrogen) atoms. The number of fused-ring (bicyclic) bond motifs is 1. The molecule has 1 aromatic heterocycles. The zero-order valence-corrected chi connectivity index (χ0v) is 22.4. The Kier molecular flexibility index (Phi) is 11.1. The highest BCUT2D eigenvalue weighted by Crippen LogP contribution is 2.25. The number of hydroxylamine groups is 1. The Morgan fingerprint density at radius 2 is 1.56 bits per heavy atom. The Labute approximate surface area is 242 Å². The van der Waals surface area contributed by atoms with Crippen LogP contribution in [-0.2, 0) is 16.1 Å². The lowest BCUT2D eigenvalue weighted by atomic mass is 10.1. The number of amides is 3. The minimum atomic E-state index is -1.30. The van der Waals surface area contributed by atoms with Crippen LogP contribution in [0.15, 0.2) is 78.2 Å². The van der Waals surface area contributed by atoms with E-state index in [-0.39, 0.29) is 25.4 Å². The Morgan fingerprint density at radius 3 is 2.20 bits per heavy atom. The summed E-state index contributed by atoms with van der Waals surface area (Å²) >= 11 is 1.69. The van der Waals surface area contributed by atoms with Crippen LogP contribution in [0.3, 0.4) is 0 Å². The number of nitrogens with one attached hydrogen (secondary N) is 4. The van der Waals surface area contributed by atoms with Gasteiger partial charge in [-0.25, -0.2) is 5.48 Å². The average molecular weight is 573 g/mol. The van der Waals surface area contributed by atoms with Gasteiger partial charge in [0.1, 0.15) is 6.04 Å². The van der Waals surface area contributed by atoms with Crippen LogP contribution in [0, 0.1) is 11.8 Å². The molecule has 1 heterocycles. The molecule has 0 saturated heterocycles. The summed E-state index contributed by atoms with van der Waals surface area (Å²) in [5, 5.41) is 30.2. The van der Waals surface area contributed by atoms with Crippen LogP contribution in [0.5, 0.6) is 0 Å². The molecule has 3 amide bonds. The molecule has 0 fully saturated rings. The first-order chi connectivity index (χ1) is 19.3. The highest BCUT2D eigenvalue weighted by Gasteiger charge is 2.25. The SMILES string of the molecule is C.C[C@@H](O)[C@H](NC(=O)c1ccc(C#Cc2ccc(NC(=O)CNCc3csc4ccccc34)cc2)cc1)C(=O)NO. The Bertz CT molecular complexity index is 1550. The van der Waals surface area contributed by atoms with Crippen molar-refractivity contribution in [3.05, 3.63) is 100 Å². The van der Waals surface area contributed by atoms with Crippen molar-refractivity contribution >= 4 is 44.8 Å². The zero-order valence-electron chi connectivity index (χ0n) is 21.6. The molecular formula is C31H32N4O5S. The predicted molar refractivity (Wildman–Crippen MR) is 161 cm³/mol. The second-order valence-corrected chi connectivity index (χ2v) is 9.89. The number of anilines is 1. The molecular weight excluding hydrogens is 540 g/mol. The number of hydrogen-bond donors (Lipinski definition) is 6. The van der Waals surface area contributed by atoms with Crippen molar-refractivity contribution in [2.45, 2.75) is 33.0 Å².